The molecule has 0 aromatic rings. The largest absolute Gasteiger partial charge is 0.464 e. The van der Waals surface area contributed by atoms with E-state index in [1.165, 1.54) is 68.4 Å². The number of rotatable bonds is 42. The van der Waals surface area contributed by atoms with E-state index in [9.17, 15) is 19.2 Å². The van der Waals surface area contributed by atoms with E-state index in [-0.39, 0.29) is 51.1 Å². The number of hydrogen-bond acceptors (Lipinski definition) is 8. The van der Waals surface area contributed by atoms with E-state index in [1.54, 1.807) is 0 Å². The molecule has 0 aromatic heterocycles. The standard InChI is InChI=1S/C54H87N3O7/c1-5-7-9-11-13-15-17-19-21-23-25-27-29-31-33-35-37-39-53(60)63-49-45-57(52(59)42-41-51(58)55-43-47-62-48-44-56(3)4)46-50-64-54(61)40-38-36-34-32-30-28-26-24-22-20-18-16-14-12-10-8-6-2/h13-16,19-22,25-28,31-34,41-42H,5-12,17-18,23-24,29-30,35-40,43-50H2,1-4H3,(H,55,58)/b15-13-,16-14-,21-19-,22-20-,27-25-,28-26-,33-31-,34-32-,42-41?. The fraction of sp³-hybridized carbons (Fsp3) is 0.593. The molecule has 10 heteroatoms. The predicted octanol–water partition coefficient (Wildman–Crippen LogP) is 11.4. The third-order valence-electron chi connectivity index (χ3n) is 9.58. The summed E-state index contributed by atoms with van der Waals surface area (Å²) in [6.07, 6.45) is 56.0. The molecule has 0 atom stereocenters. The van der Waals surface area contributed by atoms with Crippen LogP contribution in [0.5, 0.6) is 0 Å². The van der Waals surface area contributed by atoms with E-state index in [4.69, 9.17) is 14.2 Å². The molecule has 64 heavy (non-hydrogen) atoms. The SMILES string of the molecule is CCCCC/C=C\C/C=C\C/C=C\C/C=C\CCCC(=O)OCCN(CCOC(=O)CCC/C=C\C/C=C\C/C=C\C/C=C\CCCCC)C(=O)C=CC(=O)NCCOCCN(C)C. The van der Waals surface area contributed by atoms with E-state index in [2.05, 4.69) is 116 Å². The molecule has 0 saturated carbocycles. The van der Waals surface area contributed by atoms with Gasteiger partial charge in [0.15, 0.2) is 0 Å². The van der Waals surface area contributed by atoms with Gasteiger partial charge in [0.2, 0.25) is 11.8 Å². The molecule has 0 aromatic carbocycles. The highest BCUT2D eigenvalue weighted by Gasteiger charge is 2.14. The fourth-order valence-corrected chi connectivity index (χ4v) is 5.77. The lowest BCUT2D eigenvalue weighted by molar-refractivity contribution is -0.146. The first-order valence-corrected chi connectivity index (χ1v) is 24.3. The summed E-state index contributed by atoms with van der Waals surface area (Å²) in [4.78, 5) is 53.7. The molecule has 0 radical (unpaired) electrons. The number of carbonyl (C=O) groups excluding carboxylic acids is 4. The normalized spacial score (nSPS) is 12.5. The number of unbranched alkanes of at least 4 members (excludes halogenated alkanes) is 8. The van der Waals surface area contributed by atoms with Gasteiger partial charge in [-0.05, 0) is 104 Å². The summed E-state index contributed by atoms with van der Waals surface area (Å²) in [5, 5.41) is 2.70. The Hall–Kier alpha value is -4.54. The van der Waals surface area contributed by atoms with Gasteiger partial charge in [-0.3, -0.25) is 19.2 Å². The Kier molecular flexibility index (Phi) is 44.5. The highest BCUT2D eigenvalue weighted by atomic mass is 16.5. The first-order chi connectivity index (χ1) is 31.3. The minimum Gasteiger partial charge on any atom is -0.464 e. The quantitative estimate of drug-likeness (QED) is 0.0279. The Morgan fingerprint density at radius 2 is 0.844 bits per heavy atom. The second-order valence-corrected chi connectivity index (χ2v) is 15.8. The maximum atomic E-state index is 13.1. The van der Waals surface area contributed by atoms with Crippen molar-refractivity contribution >= 4 is 23.8 Å². The summed E-state index contributed by atoms with van der Waals surface area (Å²) in [7, 11) is 3.91. The molecule has 0 aliphatic heterocycles. The number of allylic oxidation sites excluding steroid dienone is 16. The summed E-state index contributed by atoms with van der Waals surface area (Å²) in [5.41, 5.74) is 0. The lowest BCUT2D eigenvalue weighted by Crippen LogP contribution is -2.36. The van der Waals surface area contributed by atoms with E-state index in [0.717, 1.165) is 57.9 Å². The molecule has 0 saturated heterocycles. The number of likely N-dealkylation sites (N-methyl/N-ethyl adjacent to an activating group) is 1. The van der Waals surface area contributed by atoms with Gasteiger partial charge in [-0.2, -0.15) is 0 Å². The van der Waals surface area contributed by atoms with E-state index in [0.29, 0.717) is 32.6 Å². The molecule has 0 fully saturated rings. The fourth-order valence-electron chi connectivity index (χ4n) is 5.77. The summed E-state index contributed by atoms with van der Waals surface area (Å²) in [5.74, 6) is -1.56. The van der Waals surface area contributed by atoms with Crippen LogP contribution in [0.25, 0.3) is 0 Å². The van der Waals surface area contributed by atoms with Gasteiger partial charge >= 0.3 is 11.9 Å². The number of carbonyl (C=O) groups is 4. The summed E-state index contributed by atoms with van der Waals surface area (Å²) >= 11 is 0. The number of nitrogens with zero attached hydrogens (tertiary/aromatic N) is 2. The first kappa shape index (κ1) is 59.5. The number of esters is 2. The van der Waals surface area contributed by atoms with Crippen LogP contribution in [0, 0.1) is 0 Å². The number of hydrogen-bond donors (Lipinski definition) is 1. The van der Waals surface area contributed by atoms with Crippen molar-refractivity contribution in [3.63, 3.8) is 0 Å². The number of ether oxygens (including phenoxy) is 3. The van der Waals surface area contributed by atoms with Gasteiger partial charge in [-0.1, -0.05) is 137 Å². The molecule has 0 heterocycles. The zero-order valence-corrected chi connectivity index (χ0v) is 40.4. The molecule has 0 aliphatic carbocycles. The van der Waals surface area contributed by atoms with Crippen molar-refractivity contribution in [1.82, 2.24) is 15.1 Å². The van der Waals surface area contributed by atoms with Crippen molar-refractivity contribution in [1.29, 1.82) is 0 Å². The van der Waals surface area contributed by atoms with Crippen molar-refractivity contribution in [3.8, 4) is 0 Å². The van der Waals surface area contributed by atoms with E-state index >= 15 is 0 Å². The van der Waals surface area contributed by atoms with Crippen LogP contribution >= 0.6 is 0 Å². The van der Waals surface area contributed by atoms with Crippen LogP contribution in [0.1, 0.15) is 142 Å². The van der Waals surface area contributed by atoms with Crippen molar-refractivity contribution in [2.75, 3.05) is 66.7 Å². The lowest BCUT2D eigenvalue weighted by Gasteiger charge is -2.21. The number of nitrogens with one attached hydrogen (secondary N) is 1. The molecule has 0 rings (SSSR count). The van der Waals surface area contributed by atoms with Crippen molar-refractivity contribution in [2.24, 2.45) is 0 Å². The average molecular weight is 890 g/mol. The van der Waals surface area contributed by atoms with Gasteiger partial charge in [0.05, 0.1) is 26.3 Å². The molecular weight excluding hydrogens is 803 g/mol. The van der Waals surface area contributed by atoms with E-state index in [1.807, 2.05) is 19.0 Å². The van der Waals surface area contributed by atoms with Crippen molar-refractivity contribution in [3.05, 3.63) is 109 Å². The molecule has 2 amide bonds. The smallest absolute Gasteiger partial charge is 0.305 e. The average Bonchev–Trinajstić information content (AvgIpc) is 3.28. The topological polar surface area (TPSA) is 114 Å². The molecule has 360 valence electrons. The molecule has 1 N–H and O–H groups in total. The maximum Gasteiger partial charge on any atom is 0.305 e. The van der Waals surface area contributed by atoms with Crippen LogP contribution in [0.3, 0.4) is 0 Å². The molecule has 0 unspecified atom stereocenters. The Labute approximate surface area is 389 Å². The summed E-state index contributed by atoms with van der Waals surface area (Å²) in [6.45, 7) is 6.62. The first-order valence-electron chi connectivity index (χ1n) is 24.3. The van der Waals surface area contributed by atoms with Crippen LogP contribution in [-0.4, -0.2) is 100 Å². The van der Waals surface area contributed by atoms with Gasteiger partial charge in [-0.25, -0.2) is 0 Å². The van der Waals surface area contributed by atoms with Gasteiger partial charge in [-0.15, -0.1) is 0 Å². The van der Waals surface area contributed by atoms with Gasteiger partial charge in [0.25, 0.3) is 0 Å². The van der Waals surface area contributed by atoms with Crippen LogP contribution in [0.2, 0.25) is 0 Å². The highest BCUT2D eigenvalue weighted by molar-refractivity contribution is 5.96. The van der Waals surface area contributed by atoms with E-state index < -0.39 is 11.8 Å². The van der Waals surface area contributed by atoms with Crippen LogP contribution in [0.4, 0.5) is 0 Å². The van der Waals surface area contributed by atoms with Crippen molar-refractivity contribution < 1.29 is 33.4 Å². The lowest BCUT2D eigenvalue weighted by atomic mass is 10.2. The van der Waals surface area contributed by atoms with Gasteiger partial charge in [0, 0.05) is 38.1 Å². The van der Waals surface area contributed by atoms with Crippen LogP contribution in [0.15, 0.2) is 109 Å². The highest BCUT2D eigenvalue weighted by Crippen LogP contribution is 2.05. The van der Waals surface area contributed by atoms with Gasteiger partial charge < -0.3 is 29.3 Å². The van der Waals surface area contributed by atoms with Crippen LogP contribution in [-0.2, 0) is 33.4 Å². The summed E-state index contributed by atoms with van der Waals surface area (Å²) < 4.78 is 16.3. The molecule has 0 aliphatic rings. The number of amides is 2. The monoisotopic (exact) mass is 890 g/mol. The third-order valence-corrected chi connectivity index (χ3v) is 9.58. The molecule has 10 nitrogen and oxygen atoms in total. The second kappa shape index (κ2) is 47.9. The Morgan fingerprint density at radius 1 is 0.453 bits per heavy atom. The minimum absolute atomic E-state index is 0.0117. The summed E-state index contributed by atoms with van der Waals surface area (Å²) in [6, 6.07) is 0. The Bertz CT molecular complexity index is 1360. The van der Waals surface area contributed by atoms with Crippen molar-refractivity contribution in [2.45, 2.75) is 142 Å². The molecule has 0 spiro atoms. The predicted molar refractivity (Wildman–Crippen MR) is 267 cm³/mol. The zero-order valence-electron chi connectivity index (χ0n) is 40.4. The van der Waals surface area contributed by atoms with Crippen LogP contribution < -0.4 is 5.32 Å². The third kappa shape index (κ3) is 45.5. The molecule has 0 bridgehead atoms. The Balaban J connectivity index is 4.61. The minimum atomic E-state index is -0.453. The Morgan fingerprint density at radius 3 is 1.23 bits per heavy atom. The second-order valence-electron chi connectivity index (χ2n) is 15.8. The zero-order chi connectivity index (χ0) is 46.8. The molecular formula is C54H87N3O7. The van der Waals surface area contributed by atoms with Gasteiger partial charge in [0.1, 0.15) is 13.2 Å². The maximum absolute atomic E-state index is 13.1.